The van der Waals surface area contributed by atoms with Crippen LogP contribution in [0.25, 0.3) is 0 Å². The van der Waals surface area contributed by atoms with Gasteiger partial charge in [-0.25, -0.2) is 8.78 Å². The minimum absolute atomic E-state index is 0.0989. The van der Waals surface area contributed by atoms with Gasteiger partial charge in [-0.05, 0) is 26.2 Å². The first-order valence-corrected chi connectivity index (χ1v) is 7.42. The average molecular weight is 303 g/mol. The van der Waals surface area contributed by atoms with E-state index < -0.39 is 11.5 Å². The van der Waals surface area contributed by atoms with Gasteiger partial charge in [0.25, 0.3) is 0 Å². The summed E-state index contributed by atoms with van der Waals surface area (Å²) in [5.74, 6) is -1.88. The van der Waals surface area contributed by atoms with Crippen molar-refractivity contribution in [2.75, 3.05) is 13.2 Å². The van der Waals surface area contributed by atoms with E-state index in [0.717, 1.165) is 6.42 Å². The monoisotopic (exact) mass is 303 g/mol. The molecule has 1 heterocycles. The molecule has 1 aliphatic rings. The lowest BCUT2D eigenvalue weighted by molar-refractivity contribution is -0.0402. The Morgan fingerprint density at radius 2 is 2.10 bits per heavy atom. The van der Waals surface area contributed by atoms with Gasteiger partial charge >= 0.3 is 0 Å². The first-order chi connectivity index (χ1) is 9.84. The van der Waals surface area contributed by atoms with E-state index in [1.54, 1.807) is 6.92 Å². The van der Waals surface area contributed by atoms with E-state index in [1.807, 2.05) is 6.92 Å². The molecule has 1 aromatic rings. The minimum Gasteiger partial charge on any atom is -0.379 e. The molecule has 7 heteroatoms. The highest BCUT2D eigenvalue weighted by Gasteiger charge is 2.38. The van der Waals surface area contributed by atoms with Crippen LogP contribution in [0.5, 0.6) is 0 Å². The molecule has 1 aromatic heterocycles. The Kier molecular flexibility index (Phi) is 4.93. The van der Waals surface area contributed by atoms with Gasteiger partial charge in [-0.15, -0.1) is 0 Å². The molecule has 0 bridgehead atoms. The Hall–Kier alpha value is -1.08. The molecule has 1 atom stereocenters. The maximum absolute atomic E-state index is 13.2. The fraction of sp³-hybridized carbons (Fsp3) is 0.857. The van der Waals surface area contributed by atoms with Crippen molar-refractivity contribution in [2.45, 2.75) is 63.3 Å². The predicted molar refractivity (Wildman–Crippen MR) is 73.1 cm³/mol. The van der Waals surface area contributed by atoms with Gasteiger partial charge in [0.1, 0.15) is 5.54 Å². The van der Waals surface area contributed by atoms with Gasteiger partial charge < -0.3 is 15.0 Å². The van der Waals surface area contributed by atoms with Crippen LogP contribution in [0.1, 0.15) is 63.6 Å². The van der Waals surface area contributed by atoms with Gasteiger partial charge in [-0.2, -0.15) is 4.98 Å². The summed E-state index contributed by atoms with van der Waals surface area (Å²) in [4.78, 5) is 4.30. The molecule has 0 amide bonds. The molecule has 2 rings (SSSR count). The number of ether oxygens (including phenoxy) is 1. The van der Waals surface area contributed by atoms with Crippen molar-refractivity contribution in [3.05, 3.63) is 11.7 Å². The summed E-state index contributed by atoms with van der Waals surface area (Å²) >= 11 is 0. The molecule has 0 radical (unpaired) electrons. The lowest BCUT2D eigenvalue weighted by atomic mass is 9.87. The van der Waals surface area contributed by atoms with Crippen LogP contribution in [0.3, 0.4) is 0 Å². The normalized spacial score (nSPS) is 22.1. The number of aromatic nitrogens is 2. The van der Waals surface area contributed by atoms with Crippen molar-refractivity contribution < 1.29 is 18.0 Å². The van der Waals surface area contributed by atoms with Crippen LogP contribution in [0, 0.1) is 0 Å². The average Bonchev–Trinajstić information content (AvgIpc) is 2.89. The number of hydrogen-bond acceptors (Lipinski definition) is 5. The first-order valence-electron chi connectivity index (χ1n) is 7.42. The van der Waals surface area contributed by atoms with Crippen LogP contribution in [-0.2, 0) is 10.3 Å². The number of hydrogen-bond donors (Lipinski definition) is 1. The lowest BCUT2D eigenvalue weighted by Crippen LogP contribution is -2.39. The third kappa shape index (κ3) is 4.20. The molecule has 0 saturated heterocycles. The van der Waals surface area contributed by atoms with E-state index in [1.165, 1.54) is 0 Å². The molecule has 21 heavy (non-hydrogen) atoms. The Morgan fingerprint density at radius 1 is 1.43 bits per heavy atom. The number of alkyl halides is 2. The highest BCUT2D eigenvalue weighted by molar-refractivity contribution is 5.05. The van der Waals surface area contributed by atoms with E-state index >= 15 is 0 Å². The molecule has 0 aromatic carbocycles. The van der Waals surface area contributed by atoms with Crippen LogP contribution >= 0.6 is 0 Å². The molecule has 2 N–H and O–H groups in total. The highest BCUT2D eigenvalue weighted by Crippen LogP contribution is 2.40. The molecule has 1 unspecified atom stereocenters. The smallest absolute Gasteiger partial charge is 0.248 e. The van der Waals surface area contributed by atoms with E-state index in [0.29, 0.717) is 37.8 Å². The molecule has 5 nitrogen and oxygen atoms in total. The third-order valence-corrected chi connectivity index (χ3v) is 3.77. The largest absolute Gasteiger partial charge is 0.379 e. The summed E-state index contributed by atoms with van der Waals surface area (Å²) in [6.07, 6.45) is 1.37. The highest BCUT2D eigenvalue weighted by atomic mass is 19.3. The van der Waals surface area contributed by atoms with Gasteiger partial charge in [0.2, 0.25) is 11.8 Å². The maximum Gasteiger partial charge on any atom is 0.248 e. The Bertz CT molecular complexity index is 453. The SMILES string of the molecule is CCCOCC(C)(N)c1noc(C2CCC(F)(F)CC2)n1. The zero-order valence-corrected chi connectivity index (χ0v) is 12.6. The van der Waals surface area contributed by atoms with E-state index in [2.05, 4.69) is 10.1 Å². The number of rotatable bonds is 6. The summed E-state index contributed by atoms with van der Waals surface area (Å²) < 4.78 is 37.0. The summed E-state index contributed by atoms with van der Waals surface area (Å²) in [5.41, 5.74) is 5.30. The van der Waals surface area contributed by atoms with Crippen molar-refractivity contribution in [1.29, 1.82) is 0 Å². The summed E-state index contributed by atoms with van der Waals surface area (Å²) in [7, 11) is 0. The van der Waals surface area contributed by atoms with Gasteiger partial charge in [0.15, 0.2) is 5.82 Å². The van der Waals surface area contributed by atoms with Gasteiger partial charge in [-0.1, -0.05) is 12.1 Å². The lowest BCUT2D eigenvalue weighted by Gasteiger charge is -2.25. The second kappa shape index (κ2) is 6.36. The summed E-state index contributed by atoms with van der Waals surface area (Å²) in [5, 5.41) is 3.90. The number of nitrogens with two attached hydrogens (primary N) is 1. The van der Waals surface area contributed by atoms with Crippen molar-refractivity contribution in [3.8, 4) is 0 Å². The molecule has 120 valence electrons. The minimum atomic E-state index is -2.56. The van der Waals surface area contributed by atoms with Crippen molar-refractivity contribution >= 4 is 0 Å². The van der Waals surface area contributed by atoms with Crippen LogP contribution in [0.2, 0.25) is 0 Å². The van der Waals surface area contributed by atoms with E-state index in [4.69, 9.17) is 15.0 Å². The van der Waals surface area contributed by atoms with Crippen molar-refractivity contribution in [2.24, 2.45) is 5.73 Å². The molecular weight excluding hydrogens is 280 g/mol. The van der Waals surface area contributed by atoms with E-state index in [9.17, 15) is 8.78 Å². The topological polar surface area (TPSA) is 74.2 Å². The predicted octanol–water partition coefficient (Wildman–Crippen LogP) is 2.96. The Balaban J connectivity index is 1.98. The fourth-order valence-electron chi connectivity index (χ4n) is 2.41. The quantitative estimate of drug-likeness (QED) is 0.818. The molecular formula is C14H23F2N3O2. The molecule has 1 fully saturated rings. The van der Waals surface area contributed by atoms with Crippen molar-refractivity contribution in [3.63, 3.8) is 0 Å². The Labute approximate surface area is 123 Å². The summed E-state index contributed by atoms with van der Waals surface area (Å²) in [6, 6.07) is 0. The maximum atomic E-state index is 13.2. The van der Waals surface area contributed by atoms with Crippen LogP contribution in [0.4, 0.5) is 8.78 Å². The zero-order chi connectivity index (χ0) is 15.5. The second-order valence-corrected chi connectivity index (χ2v) is 6.06. The van der Waals surface area contributed by atoms with Crippen molar-refractivity contribution in [1.82, 2.24) is 10.1 Å². The third-order valence-electron chi connectivity index (χ3n) is 3.77. The standard InChI is InChI=1S/C14H23F2N3O2/c1-3-8-20-9-13(2,17)12-18-11(21-19-12)10-4-6-14(15,16)7-5-10/h10H,3-9,17H2,1-2H3. The first kappa shape index (κ1) is 16.3. The molecule has 1 saturated carbocycles. The van der Waals surface area contributed by atoms with Gasteiger partial charge in [-0.3, -0.25) is 0 Å². The van der Waals surface area contributed by atoms with Crippen LogP contribution < -0.4 is 5.73 Å². The van der Waals surface area contributed by atoms with Crippen LogP contribution in [-0.4, -0.2) is 29.3 Å². The summed E-state index contributed by atoms with van der Waals surface area (Å²) in [6.45, 7) is 4.70. The molecule has 1 aliphatic carbocycles. The van der Waals surface area contributed by atoms with Gasteiger partial charge in [0, 0.05) is 25.4 Å². The Morgan fingerprint density at radius 3 is 2.71 bits per heavy atom. The fourth-order valence-corrected chi connectivity index (χ4v) is 2.41. The zero-order valence-electron chi connectivity index (χ0n) is 12.6. The molecule has 0 spiro atoms. The number of nitrogens with zero attached hydrogens (tertiary/aromatic N) is 2. The van der Waals surface area contributed by atoms with Crippen LogP contribution in [0.15, 0.2) is 4.52 Å². The molecule has 0 aliphatic heterocycles. The number of halogens is 2. The second-order valence-electron chi connectivity index (χ2n) is 6.06. The van der Waals surface area contributed by atoms with E-state index in [-0.39, 0.29) is 18.8 Å². The van der Waals surface area contributed by atoms with Gasteiger partial charge in [0.05, 0.1) is 6.61 Å².